The highest BCUT2D eigenvalue weighted by Crippen LogP contribution is 2.41. The predicted molar refractivity (Wildman–Crippen MR) is 238 cm³/mol. The predicted octanol–water partition coefficient (Wildman–Crippen LogP) is 1.98. The van der Waals surface area contributed by atoms with E-state index in [0.717, 1.165) is 33.8 Å². The molecule has 4 aromatic rings. The Morgan fingerprint density at radius 2 is 1.11 bits per heavy atom. The molecule has 0 spiro atoms. The normalized spacial score (nSPS) is 26.8. The van der Waals surface area contributed by atoms with Gasteiger partial charge in [-0.1, -0.05) is 65.7 Å². The molecule has 18 heteroatoms. The van der Waals surface area contributed by atoms with Gasteiger partial charge >= 0.3 is 0 Å². The third kappa shape index (κ3) is 13.8. The van der Waals surface area contributed by atoms with Gasteiger partial charge in [-0.3, -0.25) is 0 Å². The summed E-state index contributed by atoms with van der Waals surface area (Å²) < 4.78 is 27.8. The van der Waals surface area contributed by atoms with E-state index < -0.39 is 80.0 Å². The molecule has 0 bridgehead atoms. The van der Waals surface area contributed by atoms with E-state index in [4.69, 9.17) is 57.1 Å². The Labute approximate surface area is 382 Å². The Hall–Kier alpha value is -3.50. The summed E-state index contributed by atoms with van der Waals surface area (Å²) >= 11 is 12.8. The van der Waals surface area contributed by atoms with Gasteiger partial charge in [0.15, 0.2) is 0 Å². The number of methoxy groups -OCH3 is 1. The Balaban J connectivity index is 0.000000304. The van der Waals surface area contributed by atoms with Crippen molar-refractivity contribution in [1.29, 1.82) is 0 Å². The lowest BCUT2D eigenvalue weighted by molar-refractivity contribution is -0.366. The summed E-state index contributed by atoms with van der Waals surface area (Å²) in [5.41, 5.74) is 4.65. The van der Waals surface area contributed by atoms with Gasteiger partial charge in [0.2, 0.25) is 5.79 Å². The molecule has 2 fully saturated rings. The van der Waals surface area contributed by atoms with Crippen LogP contribution in [0, 0.1) is 0 Å². The molecule has 16 nitrogen and oxygen atoms in total. The number of rotatable bonds is 14. The van der Waals surface area contributed by atoms with Crippen molar-refractivity contribution in [2.75, 3.05) is 40.1 Å². The molecule has 0 amide bonds. The summed E-state index contributed by atoms with van der Waals surface area (Å²) in [6, 6.07) is 25.6. The molecule has 6 rings (SSSR count). The molecule has 2 aliphatic heterocycles. The van der Waals surface area contributed by atoms with Gasteiger partial charge in [0, 0.05) is 22.7 Å². The van der Waals surface area contributed by atoms with Crippen molar-refractivity contribution in [1.82, 2.24) is 0 Å². The van der Waals surface area contributed by atoms with E-state index in [1.54, 1.807) is 30.3 Å². The topological polar surface area (TPSA) is 280 Å². The lowest BCUT2D eigenvalue weighted by atomic mass is 9.87. The van der Waals surface area contributed by atoms with E-state index >= 15 is 0 Å². The molecular weight excluding hydrogens is 879 g/mol. The minimum atomic E-state index is -1.77. The van der Waals surface area contributed by atoms with Gasteiger partial charge < -0.3 is 80.2 Å². The molecule has 0 unspecified atom stereocenters. The third-order valence-corrected chi connectivity index (χ3v) is 11.3. The van der Waals surface area contributed by atoms with Crippen LogP contribution in [0.5, 0.6) is 11.5 Å². The van der Waals surface area contributed by atoms with Crippen LogP contribution in [0.1, 0.15) is 60.3 Å². The van der Waals surface area contributed by atoms with Crippen molar-refractivity contribution in [3.05, 3.63) is 128 Å². The molecule has 2 aliphatic rings. The molecule has 2 heterocycles. The summed E-state index contributed by atoms with van der Waals surface area (Å²) in [5.74, 6) is -0.197. The summed E-state index contributed by atoms with van der Waals surface area (Å²) in [4.78, 5) is 0. The molecule has 0 aromatic heterocycles. The second kappa shape index (κ2) is 26.0. The molecule has 0 radical (unpaired) electrons. The first-order chi connectivity index (χ1) is 30.1. The van der Waals surface area contributed by atoms with Gasteiger partial charge in [-0.15, -0.1) is 0 Å². The van der Waals surface area contributed by atoms with E-state index in [0.29, 0.717) is 47.2 Å². The number of halogens is 2. The average molecular weight is 942 g/mol. The molecule has 11 atom stereocenters. The Morgan fingerprint density at radius 3 is 1.56 bits per heavy atom. The SMILES string of the molecule is CCOc1ccc(Cc2cc([C@@H]3O[C@H](CO)[C@@H](O)[C@H](O)[C@H]3O)ccc2Cl)cc1.CCOc1ccc(Cc2cc([C@]3(OC)O[C@H](CO)[C@@H](O)[C@H](O)[C@H]3O)ccc2Cl)cc1.C[C@H](O)CO.O. The van der Waals surface area contributed by atoms with Crippen molar-refractivity contribution in [3.63, 3.8) is 0 Å². The zero-order chi connectivity index (χ0) is 46.4. The van der Waals surface area contributed by atoms with Crippen LogP contribution in [0.25, 0.3) is 0 Å². The van der Waals surface area contributed by atoms with Crippen LogP contribution in [0.3, 0.4) is 0 Å². The fourth-order valence-corrected chi connectivity index (χ4v) is 7.43. The minimum Gasteiger partial charge on any atom is -0.494 e. The Kier molecular flexibility index (Phi) is 22.3. The van der Waals surface area contributed by atoms with Crippen LogP contribution in [0.15, 0.2) is 84.9 Å². The van der Waals surface area contributed by atoms with Crippen LogP contribution in [0.4, 0.5) is 0 Å². The first kappa shape index (κ1) is 54.8. The number of ether oxygens (including phenoxy) is 5. The molecule has 64 heavy (non-hydrogen) atoms. The number of hydrogen-bond donors (Lipinski definition) is 10. The van der Waals surface area contributed by atoms with Crippen molar-refractivity contribution >= 4 is 23.2 Å². The van der Waals surface area contributed by atoms with E-state index in [1.165, 1.54) is 14.0 Å². The molecule has 0 saturated carbocycles. The van der Waals surface area contributed by atoms with Gasteiger partial charge in [0.05, 0.1) is 39.1 Å². The van der Waals surface area contributed by atoms with Gasteiger partial charge in [-0.2, -0.15) is 0 Å². The van der Waals surface area contributed by atoms with Crippen LogP contribution < -0.4 is 9.47 Å². The second-order valence-corrected chi connectivity index (χ2v) is 15.9. The second-order valence-electron chi connectivity index (χ2n) is 15.1. The third-order valence-electron chi connectivity index (χ3n) is 10.5. The Bertz CT molecular complexity index is 1970. The zero-order valence-corrected chi connectivity index (χ0v) is 37.6. The van der Waals surface area contributed by atoms with E-state index in [1.807, 2.05) is 68.4 Å². The van der Waals surface area contributed by atoms with E-state index in [2.05, 4.69) is 0 Å². The lowest BCUT2D eigenvalue weighted by Gasteiger charge is -2.47. The Morgan fingerprint density at radius 1 is 0.641 bits per heavy atom. The van der Waals surface area contributed by atoms with E-state index in [9.17, 15) is 40.9 Å². The quantitative estimate of drug-likeness (QED) is 0.0866. The summed E-state index contributed by atoms with van der Waals surface area (Å²) in [7, 11) is 1.32. The first-order valence-corrected chi connectivity index (χ1v) is 21.3. The first-order valence-electron chi connectivity index (χ1n) is 20.6. The number of hydrogen-bond acceptors (Lipinski definition) is 15. The van der Waals surface area contributed by atoms with Crippen LogP contribution >= 0.6 is 23.2 Å². The van der Waals surface area contributed by atoms with Crippen molar-refractivity contribution in [3.8, 4) is 11.5 Å². The van der Waals surface area contributed by atoms with Crippen LogP contribution in [-0.4, -0.2) is 152 Å². The number of aliphatic hydroxyl groups excluding tert-OH is 10. The van der Waals surface area contributed by atoms with Gasteiger partial charge in [-0.25, -0.2) is 0 Å². The molecule has 4 aromatic carbocycles. The maximum absolute atomic E-state index is 10.7. The molecule has 0 aliphatic carbocycles. The molecular formula is C46H62Cl2O16. The smallest absolute Gasteiger partial charge is 0.224 e. The van der Waals surface area contributed by atoms with Crippen LogP contribution in [0.2, 0.25) is 10.0 Å². The van der Waals surface area contributed by atoms with Crippen molar-refractivity contribution in [2.24, 2.45) is 0 Å². The number of benzene rings is 4. The van der Waals surface area contributed by atoms with Gasteiger partial charge in [-0.05, 0) is 104 Å². The van der Waals surface area contributed by atoms with Crippen LogP contribution in [-0.2, 0) is 32.8 Å². The summed E-state index contributed by atoms with van der Waals surface area (Å²) in [6.07, 6.45) is -11.2. The van der Waals surface area contributed by atoms with Crippen molar-refractivity contribution < 1.29 is 80.2 Å². The molecule has 356 valence electrons. The van der Waals surface area contributed by atoms with Gasteiger partial charge in [0.25, 0.3) is 0 Å². The maximum Gasteiger partial charge on any atom is 0.224 e. The fourth-order valence-electron chi connectivity index (χ4n) is 7.06. The molecule has 12 N–H and O–H groups in total. The monoisotopic (exact) mass is 940 g/mol. The lowest BCUT2D eigenvalue weighted by Crippen LogP contribution is -2.64. The minimum absolute atomic E-state index is 0. The number of aliphatic hydroxyl groups is 10. The summed E-state index contributed by atoms with van der Waals surface area (Å²) in [5, 5.41) is 97.3. The molecule has 2 saturated heterocycles. The fraction of sp³-hybridized carbons (Fsp3) is 0.478. The highest BCUT2D eigenvalue weighted by molar-refractivity contribution is 6.31. The van der Waals surface area contributed by atoms with Gasteiger partial charge in [0.1, 0.15) is 66.4 Å². The van der Waals surface area contributed by atoms with E-state index in [-0.39, 0.29) is 12.1 Å². The summed E-state index contributed by atoms with van der Waals surface area (Å²) in [6.45, 7) is 5.41. The largest absolute Gasteiger partial charge is 0.494 e. The van der Waals surface area contributed by atoms with Crippen molar-refractivity contribution in [2.45, 2.75) is 100 Å². The highest BCUT2D eigenvalue weighted by Gasteiger charge is 2.55. The standard InChI is InChI=1S/C22H27ClO7.C21H25ClO6.C3H8O2.H2O/c1-3-29-16-7-4-13(5-8-16)10-14-11-15(6-9-17(14)23)22(28-2)21(27)20(26)19(25)18(12-24)30-22;1-2-27-15-6-3-12(4-7-15)9-14-10-13(5-8-16(14)22)21-20(26)19(25)18(24)17(11-23)28-21;1-3(5)2-4;/h4-9,11,18-21,24-27H,3,10,12H2,1-2H3;3-8,10,17-21,23-26H,2,9,11H2,1H3;3-5H,2H2,1H3;1H2/t18-,19-,20+,21-,22+;17-,18-,19+,20-,21+;3-;/m110./s1. The maximum atomic E-state index is 10.7. The highest BCUT2D eigenvalue weighted by atomic mass is 35.5. The zero-order valence-electron chi connectivity index (χ0n) is 36.1. The average Bonchev–Trinajstić information content (AvgIpc) is 3.28.